The Labute approximate surface area is 116 Å². The third-order valence-corrected chi connectivity index (χ3v) is 4.15. The molecule has 1 heterocycles. The maximum atomic E-state index is 12.2. The van der Waals surface area contributed by atoms with Crippen molar-refractivity contribution in [2.75, 3.05) is 24.6 Å². The van der Waals surface area contributed by atoms with Gasteiger partial charge in [0.05, 0.1) is 12.0 Å². The van der Waals surface area contributed by atoms with Crippen LogP contribution in [0.25, 0.3) is 0 Å². The molecule has 4 nitrogen and oxygen atoms in total. The standard InChI is InChI=1S/C14H17NO3S/c16-13(15-5-2-7-19-8-6-15)10-11-3-1-4-12(9-11)14(17)18/h1,3-4,9H,2,5-8,10H2,(H,17,18). The molecule has 1 aliphatic rings. The quantitative estimate of drug-likeness (QED) is 0.918. The number of carboxylic acids is 1. The van der Waals surface area contributed by atoms with Gasteiger partial charge in [-0.2, -0.15) is 11.8 Å². The number of carboxylic acid groups (broad SMARTS) is 1. The molecule has 0 saturated carbocycles. The van der Waals surface area contributed by atoms with E-state index in [0.29, 0.717) is 0 Å². The Morgan fingerprint density at radius 1 is 1.26 bits per heavy atom. The van der Waals surface area contributed by atoms with E-state index in [1.54, 1.807) is 24.3 Å². The Kier molecular flexibility index (Phi) is 4.85. The smallest absolute Gasteiger partial charge is 0.335 e. The van der Waals surface area contributed by atoms with Gasteiger partial charge >= 0.3 is 5.97 Å². The predicted octanol–water partition coefficient (Wildman–Crippen LogP) is 1.89. The van der Waals surface area contributed by atoms with Gasteiger partial charge in [-0.25, -0.2) is 4.79 Å². The molecule has 0 radical (unpaired) electrons. The first-order valence-electron chi connectivity index (χ1n) is 6.34. The van der Waals surface area contributed by atoms with E-state index < -0.39 is 5.97 Å². The van der Waals surface area contributed by atoms with Crippen molar-refractivity contribution in [1.29, 1.82) is 0 Å². The molecule has 0 aromatic heterocycles. The molecule has 1 aromatic rings. The summed E-state index contributed by atoms with van der Waals surface area (Å²) in [6.07, 6.45) is 1.32. The Bertz CT molecular complexity index is 468. The summed E-state index contributed by atoms with van der Waals surface area (Å²) in [6, 6.07) is 6.60. The number of carbonyl (C=O) groups is 2. The van der Waals surface area contributed by atoms with Crippen molar-refractivity contribution < 1.29 is 14.7 Å². The van der Waals surface area contributed by atoms with E-state index in [4.69, 9.17) is 5.11 Å². The van der Waals surface area contributed by atoms with Crippen LogP contribution in [0.3, 0.4) is 0 Å². The molecule has 1 aromatic carbocycles. The second kappa shape index (κ2) is 6.61. The molecule has 0 aliphatic carbocycles. The maximum absolute atomic E-state index is 12.2. The van der Waals surface area contributed by atoms with Gasteiger partial charge in [0.2, 0.25) is 5.91 Å². The summed E-state index contributed by atoms with van der Waals surface area (Å²) in [6.45, 7) is 1.60. The Balaban J connectivity index is 2.01. The first-order chi connectivity index (χ1) is 9.16. The van der Waals surface area contributed by atoms with E-state index in [9.17, 15) is 9.59 Å². The topological polar surface area (TPSA) is 57.6 Å². The number of aromatic carboxylic acids is 1. The first-order valence-corrected chi connectivity index (χ1v) is 7.50. The summed E-state index contributed by atoms with van der Waals surface area (Å²) in [5, 5.41) is 8.93. The minimum Gasteiger partial charge on any atom is -0.478 e. The number of hydrogen-bond donors (Lipinski definition) is 1. The summed E-state index contributed by atoms with van der Waals surface area (Å²) >= 11 is 1.88. The largest absolute Gasteiger partial charge is 0.478 e. The van der Waals surface area contributed by atoms with Crippen molar-refractivity contribution in [2.24, 2.45) is 0 Å². The molecule has 2 rings (SSSR count). The Hall–Kier alpha value is -1.49. The molecule has 0 unspecified atom stereocenters. The SMILES string of the molecule is O=C(O)c1cccc(CC(=O)N2CCCSCC2)c1. The number of benzene rings is 1. The number of nitrogens with zero attached hydrogens (tertiary/aromatic N) is 1. The minimum atomic E-state index is -0.958. The molecule has 5 heteroatoms. The molecule has 19 heavy (non-hydrogen) atoms. The molecule has 0 bridgehead atoms. The molecule has 1 N–H and O–H groups in total. The molecular formula is C14H17NO3S. The van der Waals surface area contributed by atoms with Crippen LogP contribution in [-0.2, 0) is 11.2 Å². The van der Waals surface area contributed by atoms with Gasteiger partial charge in [-0.3, -0.25) is 4.79 Å². The highest BCUT2D eigenvalue weighted by atomic mass is 32.2. The summed E-state index contributed by atoms with van der Waals surface area (Å²) in [5.41, 5.74) is 0.999. The predicted molar refractivity (Wildman–Crippen MR) is 75.6 cm³/mol. The lowest BCUT2D eigenvalue weighted by atomic mass is 10.1. The number of amides is 1. The lowest BCUT2D eigenvalue weighted by Crippen LogP contribution is -2.34. The van der Waals surface area contributed by atoms with Crippen molar-refractivity contribution in [3.8, 4) is 0 Å². The monoisotopic (exact) mass is 279 g/mol. The zero-order valence-electron chi connectivity index (χ0n) is 10.7. The van der Waals surface area contributed by atoms with Crippen molar-refractivity contribution in [1.82, 2.24) is 4.90 Å². The molecule has 1 amide bonds. The summed E-state index contributed by atoms with van der Waals surface area (Å²) in [7, 11) is 0. The van der Waals surface area contributed by atoms with Gasteiger partial charge in [0, 0.05) is 18.8 Å². The van der Waals surface area contributed by atoms with Gasteiger partial charge in [-0.15, -0.1) is 0 Å². The van der Waals surface area contributed by atoms with Gasteiger partial charge in [0.1, 0.15) is 0 Å². The Morgan fingerprint density at radius 3 is 2.89 bits per heavy atom. The normalized spacial score (nSPS) is 15.9. The number of thioether (sulfide) groups is 1. The van der Waals surface area contributed by atoms with Gasteiger partial charge in [-0.1, -0.05) is 12.1 Å². The first kappa shape index (κ1) is 13.9. The molecule has 1 aliphatic heterocycles. The van der Waals surface area contributed by atoms with Gasteiger partial charge in [0.25, 0.3) is 0 Å². The van der Waals surface area contributed by atoms with Crippen LogP contribution < -0.4 is 0 Å². The van der Waals surface area contributed by atoms with Crippen molar-refractivity contribution in [3.05, 3.63) is 35.4 Å². The highest BCUT2D eigenvalue weighted by molar-refractivity contribution is 7.99. The van der Waals surface area contributed by atoms with Gasteiger partial charge in [-0.05, 0) is 29.9 Å². The number of rotatable bonds is 3. The van der Waals surface area contributed by atoms with Crippen LogP contribution >= 0.6 is 11.8 Å². The van der Waals surface area contributed by atoms with Crippen molar-refractivity contribution >= 4 is 23.6 Å². The molecule has 1 saturated heterocycles. The minimum absolute atomic E-state index is 0.0880. The summed E-state index contributed by atoms with van der Waals surface area (Å²) in [4.78, 5) is 24.9. The Morgan fingerprint density at radius 2 is 2.11 bits per heavy atom. The summed E-state index contributed by atoms with van der Waals surface area (Å²) in [5.74, 6) is 1.23. The van der Waals surface area contributed by atoms with E-state index in [0.717, 1.165) is 36.6 Å². The molecule has 1 fully saturated rings. The third-order valence-electron chi connectivity index (χ3n) is 3.10. The zero-order chi connectivity index (χ0) is 13.7. The summed E-state index contributed by atoms with van der Waals surface area (Å²) < 4.78 is 0. The van der Waals surface area contributed by atoms with Gasteiger partial charge < -0.3 is 10.0 Å². The van der Waals surface area contributed by atoms with Crippen LogP contribution in [0.2, 0.25) is 0 Å². The van der Waals surface area contributed by atoms with Crippen LogP contribution in [0.15, 0.2) is 24.3 Å². The third kappa shape index (κ3) is 3.99. The van der Waals surface area contributed by atoms with E-state index in [2.05, 4.69) is 0 Å². The van der Waals surface area contributed by atoms with E-state index in [1.807, 2.05) is 16.7 Å². The van der Waals surface area contributed by atoms with Gasteiger partial charge in [0.15, 0.2) is 0 Å². The highest BCUT2D eigenvalue weighted by Gasteiger charge is 2.16. The second-order valence-corrected chi connectivity index (χ2v) is 5.75. The zero-order valence-corrected chi connectivity index (χ0v) is 11.5. The van der Waals surface area contributed by atoms with E-state index in [1.165, 1.54) is 0 Å². The average Bonchev–Trinajstić information content (AvgIpc) is 2.68. The maximum Gasteiger partial charge on any atom is 0.335 e. The molecular weight excluding hydrogens is 262 g/mol. The number of hydrogen-bond acceptors (Lipinski definition) is 3. The van der Waals surface area contributed by atoms with Crippen molar-refractivity contribution in [2.45, 2.75) is 12.8 Å². The molecule has 102 valence electrons. The van der Waals surface area contributed by atoms with Crippen LogP contribution in [0, 0.1) is 0 Å². The fraction of sp³-hybridized carbons (Fsp3) is 0.429. The van der Waals surface area contributed by atoms with E-state index in [-0.39, 0.29) is 17.9 Å². The fourth-order valence-corrected chi connectivity index (χ4v) is 2.98. The molecule has 0 atom stereocenters. The van der Waals surface area contributed by atoms with Crippen LogP contribution in [0.5, 0.6) is 0 Å². The highest BCUT2D eigenvalue weighted by Crippen LogP contribution is 2.12. The lowest BCUT2D eigenvalue weighted by Gasteiger charge is -2.20. The van der Waals surface area contributed by atoms with Crippen LogP contribution in [0.4, 0.5) is 0 Å². The van der Waals surface area contributed by atoms with Crippen molar-refractivity contribution in [3.63, 3.8) is 0 Å². The average molecular weight is 279 g/mol. The van der Waals surface area contributed by atoms with Crippen LogP contribution in [-0.4, -0.2) is 46.5 Å². The number of carbonyl (C=O) groups excluding carboxylic acids is 1. The molecule has 0 spiro atoms. The van der Waals surface area contributed by atoms with E-state index >= 15 is 0 Å². The fourth-order valence-electron chi connectivity index (χ4n) is 2.10. The second-order valence-electron chi connectivity index (χ2n) is 4.53. The van der Waals surface area contributed by atoms with Crippen LogP contribution in [0.1, 0.15) is 22.3 Å². The lowest BCUT2D eigenvalue weighted by molar-refractivity contribution is -0.130.